The lowest BCUT2D eigenvalue weighted by atomic mass is 9.83. The van der Waals surface area contributed by atoms with Crippen LogP contribution in [0.2, 0.25) is 0 Å². The Labute approximate surface area is 170 Å². The molecule has 1 amide bonds. The molecule has 0 spiro atoms. The lowest BCUT2D eigenvalue weighted by Gasteiger charge is -2.49. The maximum absolute atomic E-state index is 13.4. The first-order chi connectivity index (χ1) is 14.1. The third-order valence-corrected chi connectivity index (χ3v) is 6.38. The van der Waals surface area contributed by atoms with E-state index >= 15 is 0 Å². The van der Waals surface area contributed by atoms with Crippen LogP contribution in [0, 0.1) is 11.7 Å². The van der Waals surface area contributed by atoms with E-state index in [-0.39, 0.29) is 23.7 Å². The van der Waals surface area contributed by atoms with Gasteiger partial charge >= 0.3 is 0 Å². The van der Waals surface area contributed by atoms with Crippen LogP contribution in [0.25, 0.3) is 0 Å². The molecule has 2 aromatic rings. The molecule has 2 aromatic carbocycles. The van der Waals surface area contributed by atoms with Gasteiger partial charge in [-0.25, -0.2) is 4.39 Å². The van der Waals surface area contributed by atoms with Gasteiger partial charge in [0.05, 0.1) is 19.1 Å². The number of benzene rings is 2. The normalized spacial score (nSPS) is 23.2. The van der Waals surface area contributed by atoms with Crippen LogP contribution in [-0.4, -0.2) is 44.7 Å². The quantitative estimate of drug-likeness (QED) is 0.865. The number of halogens is 1. The molecule has 2 atom stereocenters. The fraction of sp³-hybridized carbons (Fsp3) is 0.435. The van der Waals surface area contributed by atoms with Crippen molar-refractivity contribution in [3.05, 3.63) is 53.8 Å². The van der Waals surface area contributed by atoms with Gasteiger partial charge in [-0.1, -0.05) is 6.07 Å². The van der Waals surface area contributed by atoms with E-state index in [0.717, 1.165) is 50.3 Å². The number of amides is 1. The average Bonchev–Trinajstić information content (AvgIpc) is 3.56. The van der Waals surface area contributed by atoms with Crippen molar-refractivity contribution in [3.63, 3.8) is 0 Å². The molecule has 5 rings (SSSR count). The summed E-state index contributed by atoms with van der Waals surface area (Å²) in [5.41, 5.74) is 3.38. The van der Waals surface area contributed by atoms with E-state index < -0.39 is 0 Å². The molecule has 0 radical (unpaired) electrons. The van der Waals surface area contributed by atoms with Gasteiger partial charge in [0.15, 0.2) is 0 Å². The highest BCUT2D eigenvalue weighted by Crippen LogP contribution is 2.39. The van der Waals surface area contributed by atoms with E-state index in [2.05, 4.69) is 27.2 Å². The zero-order valence-electron chi connectivity index (χ0n) is 16.6. The largest absolute Gasteiger partial charge is 0.497 e. The highest BCUT2D eigenvalue weighted by molar-refractivity contribution is 5.83. The third kappa shape index (κ3) is 3.52. The molecule has 1 saturated heterocycles. The SMILES string of the molecule is COc1ccc2c(c1)N1CCN(c3ccc(F)cc3)C[C@@H]1[C@H](C(=O)NC1CC1)C2. The van der Waals surface area contributed by atoms with Gasteiger partial charge in [-0.05, 0) is 55.2 Å². The second-order valence-corrected chi connectivity index (χ2v) is 8.27. The first kappa shape index (κ1) is 18.3. The maximum Gasteiger partial charge on any atom is 0.225 e. The van der Waals surface area contributed by atoms with Crippen molar-refractivity contribution in [1.29, 1.82) is 0 Å². The molecular formula is C23H26FN3O2. The van der Waals surface area contributed by atoms with Crippen LogP contribution < -0.4 is 19.9 Å². The summed E-state index contributed by atoms with van der Waals surface area (Å²) in [6.45, 7) is 2.39. The highest BCUT2D eigenvalue weighted by Gasteiger charge is 2.42. The number of nitrogens with one attached hydrogen (secondary N) is 1. The van der Waals surface area contributed by atoms with Crippen molar-refractivity contribution >= 4 is 17.3 Å². The molecule has 152 valence electrons. The molecule has 1 saturated carbocycles. The number of piperazine rings is 1. The van der Waals surface area contributed by atoms with Gasteiger partial charge in [0, 0.05) is 43.1 Å². The van der Waals surface area contributed by atoms with Crippen molar-refractivity contribution in [2.75, 3.05) is 36.5 Å². The fourth-order valence-corrected chi connectivity index (χ4v) is 4.63. The van der Waals surface area contributed by atoms with Gasteiger partial charge in [0.2, 0.25) is 5.91 Å². The summed E-state index contributed by atoms with van der Waals surface area (Å²) >= 11 is 0. The molecule has 3 aliphatic rings. The van der Waals surface area contributed by atoms with Crippen molar-refractivity contribution in [3.8, 4) is 5.75 Å². The molecule has 1 N–H and O–H groups in total. The minimum absolute atomic E-state index is 0.0761. The Morgan fingerprint density at radius 3 is 2.66 bits per heavy atom. The summed E-state index contributed by atoms with van der Waals surface area (Å²) < 4.78 is 18.8. The zero-order valence-corrected chi connectivity index (χ0v) is 16.6. The predicted octanol–water partition coefficient (Wildman–Crippen LogP) is 2.98. The van der Waals surface area contributed by atoms with Crippen LogP contribution in [0.1, 0.15) is 18.4 Å². The summed E-state index contributed by atoms with van der Waals surface area (Å²) in [7, 11) is 1.68. The van der Waals surface area contributed by atoms with Gasteiger partial charge in [-0.3, -0.25) is 4.79 Å². The molecule has 5 nitrogen and oxygen atoms in total. The number of rotatable bonds is 4. The summed E-state index contributed by atoms with van der Waals surface area (Å²) in [6.07, 6.45) is 2.90. The van der Waals surface area contributed by atoms with E-state index in [0.29, 0.717) is 6.04 Å². The molecule has 29 heavy (non-hydrogen) atoms. The molecule has 2 fully saturated rings. The smallest absolute Gasteiger partial charge is 0.225 e. The maximum atomic E-state index is 13.4. The fourth-order valence-electron chi connectivity index (χ4n) is 4.63. The minimum atomic E-state index is -0.229. The van der Waals surface area contributed by atoms with Gasteiger partial charge in [-0.2, -0.15) is 0 Å². The minimum Gasteiger partial charge on any atom is -0.497 e. The Hall–Kier alpha value is -2.76. The number of methoxy groups -OCH3 is 1. The number of nitrogens with zero attached hydrogens (tertiary/aromatic N) is 2. The van der Waals surface area contributed by atoms with Gasteiger partial charge in [-0.15, -0.1) is 0 Å². The first-order valence-corrected chi connectivity index (χ1v) is 10.4. The zero-order chi connectivity index (χ0) is 20.0. The second kappa shape index (κ2) is 7.25. The Kier molecular flexibility index (Phi) is 4.57. The molecule has 1 aliphatic carbocycles. The number of anilines is 2. The topological polar surface area (TPSA) is 44.8 Å². The Balaban J connectivity index is 1.46. The Morgan fingerprint density at radius 1 is 1.14 bits per heavy atom. The molecule has 0 unspecified atom stereocenters. The van der Waals surface area contributed by atoms with Crippen LogP contribution in [0.15, 0.2) is 42.5 Å². The Bertz CT molecular complexity index is 913. The molecule has 0 bridgehead atoms. The van der Waals surface area contributed by atoms with E-state index in [1.807, 2.05) is 18.2 Å². The van der Waals surface area contributed by atoms with Crippen molar-refractivity contribution in [2.45, 2.75) is 31.3 Å². The van der Waals surface area contributed by atoms with E-state index in [9.17, 15) is 9.18 Å². The number of hydrogen-bond acceptors (Lipinski definition) is 4. The summed E-state index contributed by atoms with van der Waals surface area (Å²) in [4.78, 5) is 17.7. The Morgan fingerprint density at radius 2 is 1.93 bits per heavy atom. The molecule has 2 heterocycles. The number of carbonyl (C=O) groups is 1. The first-order valence-electron chi connectivity index (χ1n) is 10.4. The van der Waals surface area contributed by atoms with Gasteiger partial charge in [0.25, 0.3) is 0 Å². The van der Waals surface area contributed by atoms with Crippen molar-refractivity contribution < 1.29 is 13.9 Å². The lowest BCUT2D eigenvalue weighted by molar-refractivity contribution is -0.126. The number of hydrogen-bond donors (Lipinski definition) is 1. The van der Waals surface area contributed by atoms with Crippen molar-refractivity contribution in [2.24, 2.45) is 5.92 Å². The average molecular weight is 395 g/mol. The monoisotopic (exact) mass is 395 g/mol. The van der Waals surface area contributed by atoms with Crippen LogP contribution in [0.4, 0.5) is 15.8 Å². The van der Waals surface area contributed by atoms with E-state index in [1.54, 1.807) is 7.11 Å². The number of fused-ring (bicyclic) bond motifs is 3. The predicted molar refractivity (Wildman–Crippen MR) is 111 cm³/mol. The summed E-state index contributed by atoms with van der Waals surface area (Å²) in [6, 6.07) is 13.2. The standard InChI is InChI=1S/C23H26FN3O2/c1-29-19-9-2-15-12-20(23(28)25-17-5-6-17)22-14-26(10-11-27(22)21(15)13-19)18-7-3-16(24)4-8-18/h2-4,7-9,13,17,20,22H,5-6,10-12,14H2,1H3,(H,25,28)/t20-,22-/m1/s1. The van der Waals surface area contributed by atoms with Crippen LogP contribution in [-0.2, 0) is 11.2 Å². The third-order valence-electron chi connectivity index (χ3n) is 6.38. The van der Waals surface area contributed by atoms with Gasteiger partial charge < -0.3 is 19.9 Å². The van der Waals surface area contributed by atoms with E-state index in [1.165, 1.54) is 23.4 Å². The number of ether oxygens (including phenoxy) is 1. The van der Waals surface area contributed by atoms with Crippen LogP contribution in [0.5, 0.6) is 5.75 Å². The highest BCUT2D eigenvalue weighted by atomic mass is 19.1. The molecule has 2 aliphatic heterocycles. The summed E-state index contributed by atoms with van der Waals surface area (Å²) in [5.74, 6) is 0.668. The summed E-state index contributed by atoms with van der Waals surface area (Å²) in [5, 5.41) is 3.21. The second-order valence-electron chi connectivity index (χ2n) is 8.27. The van der Waals surface area contributed by atoms with Crippen LogP contribution >= 0.6 is 0 Å². The molecular weight excluding hydrogens is 369 g/mol. The van der Waals surface area contributed by atoms with Crippen LogP contribution in [0.3, 0.4) is 0 Å². The van der Waals surface area contributed by atoms with Gasteiger partial charge in [0.1, 0.15) is 11.6 Å². The lowest BCUT2D eigenvalue weighted by Crippen LogP contribution is -2.61. The number of carbonyl (C=O) groups excluding carboxylic acids is 1. The van der Waals surface area contributed by atoms with E-state index in [4.69, 9.17) is 4.74 Å². The molecule has 0 aromatic heterocycles. The molecule has 6 heteroatoms. The van der Waals surface area contributed by atoms with Crippen molar-refractivity contribution in [1.82, 2.24) is 5.32 Å².